The van der Waals surface area contributed by atoms with E-state index in [1.54, 1.807) is 18.2 Å². The monoisotopic (exact) mass is 284 g/mol. The van der Waals surface area contributed by atoms with Crippen molar-refractivity contribution in [3.05, 3.63) is 28.8 Å². The van der Waals surface area contributed by atoms with E-state index in [0.717, 1.165) is 12.8 Å². The molecule has 1 aromatic rings. The number of hydrogen-bond acceptors (Lipinski definition) is 3. The maximum atomic E-state index is 11.2. The van der Waals surface area contributed by atoms with Gasteiger partial charge in [-0.25, -0.2) is 0 Å². The highest BCUT2D eigenvalue weighted by Crippen LogP contribution is 2.41. The first-order valence-corrected chi connectivity index (χ1v) is 6.66. The van der Waals surface area contributed by atoms with Gasteiger partial charge < -0.3 is 14.9 Å². The summed E-state index contributed by atoms with van der Waals surface area (Å²) in [5.74, 6) is -1.02. The molecule has 3 atom stereocenters. The Morgan fingerprint density at radius 2 is 2.21 bits per heavy atom. The summed E-state index contributed by atoms with van der Waals surface area (Å²) in [5.41, 5.74) is 0.643. The molecule has 0 saturated heterocycles. The predicted molar refractivity (Wildman–Crippen MR) is 71.4 cm³/mol. The largest absolute Gasteiger partial charge is 0.495 e. The van der Waals surface area contributed by atoms with Crippen LogP contribution in [-0.2, 0) is 4.79 Å². The lowest BCUT2D eigenvalue weighted by molar-refractivity contribution is -0.144. The van der Waals surface area contributed by atoms with Crippen LogP contribution in [0.15, 0.2) is 18.2 Å². The SMILES string of the molecule is COc1ccc(C(O)C2CCCC2C(=O)O)cc1Cl. The summed E-state index contributed by atoms with van der Waals surface area (Å²) in [5, 5.41) is 19.9. The molecule has 0 radical (unpaired) electrons. The smallest absolute Gasteiger partial charge is 0.306 e. The van der Waals surface area contributed by atoms with E-state index < -0.39 is 18.0 Å². The van der Waals surface area contributed by atoms with Gasteiger partial charge in [0.1, 0.15) is 5.75 Å². The van der Waals surface area contributed by atoms with Gasteiger partial charge in [-0.15, -0.1) is 0 Å². The summed E-state index contributed by atoms with van der Waals surface area (Å²) in [6.45, 7) is 0. The van der Waals surface area contributed by atoms with Gasteiger partial charge in [-0.2, -0.15) is 0 Å². The number of carboxylic acids is 1. The van der Waals surface area contributed by atoms with Gasteiger partial charge in [0, 0.05) is 5.92 Å². The van der Waals surface area contributed by atoms with Gasteiger partial charge in [-0.05, 0) is 30.5 Å². The van der Waals surface area contributed by atoms with Crippen LogP contribution in [0.5, 0.6) is 5.75 Å². The lowest BCUT2D eigenvalue weighted by Crippen LogP contribution is -2.23. The lowest BCUT2D eigenvalue weighted by Gasteiger charge is -2.23. The normalized spacial score (nSPS) is 24.2. The van der Waals surface area contributed by atoms with Crippen LogP contribution >= 0.6 is 11.6 Å². The maximum absolute atomic E-state index is 11.2. The molecular weight excluding hydrogens is 268 g/mol. The maximum Gasteiger partial charge on any atom is 0.306 e. The molecule has 4 nitrogen and oxygen atoms in total. The Balaban J connectivity index is 2.21. The molecule has 0 bridgehead atoms. The van der Waals surface area contributed by atoms with Gasteiger partial charge in [0.05, 0.1) is 24.2 Å². The molecule has 5 heteroatoms. The second kappa shape index (κ2) is 5.80. The van der Waals surface area contributed by atoms with Crippen molar-refractivity contribution in [3.63, 3.8) is 0 Å². The van der Waals surface area contributed by atoms with E-state index in [-0.39, 0.29) is 5.92 Å². The third-order valence-electron chi connectivity index (χ3n) is 3.81. The fourth-order valence-electron chi connectivity index (χ4n) is 2.79. The molecule has 2 N–H and O–H groups in total. The molecule has 1 fully saturated rings. The van der Waals surface area contributed by atoms with E-state index in [9.17, 15) is 9.90 Å². The molecule has 0 heterocycles. The zero-order chi connectivity index (χ0) is 14.0. The van der Waals surface area contributed by atoms with Gasteiger partial charge >= 0.3 is 5.97 Å². The van der Waals surface area contributed by atoms with Gasteiger partial charge in [-0.1, -0.05) is 24.1 Å². The first-order valence-electron chi connectivity index (χ1n) is 6.29. The number of benzene rings is 1. The van der Waals surface area contributed by atoms with Crippen LogP contribution in [0.3, 0.4) is 0 Å². The molecule has 0 aliphatic heterocycles. The standard InChI is InChI=1S/C14H17ClO4/c1-19-12-6-5-8(7-11(12)15)13(16)9-3-2-4-10(9)14(17)18/h5-7,9-10,13,16H,2-4H2,1H3,(H,17,18). The van der Waals surface area contributed by atoms with Crippen LogP contribution in [0.25, 0.3) is 0 Å². The Kier molecular flexibility index (Phi) is 4.32. The van der Waals surface area contributed by atoms with E-state index in [1.807, 2.05) is 0 Å². The van der Waals surface area contributed by atoms with Crippen LogP contribution in [-0.4, -0.2) is 23.3 Å². The summed E-state index contributed by atoms with van der Waals surface area (Å²) >= 11 is 6.03. The topological polar surface area (TPSA) is 66.8 Å². The number of methoxy groups -OCH3 is 1. The number of aliphatic hydroxyl groups excluding tert-OH is 1. The molecular formula is C14H17ClO4. The van der Waals surface area contributed by atoms with Gasteiger partial charge in [0.15, 0.2) is 0 Å². The highest BCUT2D eigenvalue weighted by Gasteiger charge is 2.38. The van der Waals surface area contributed by atoms with E-state index in [4.69, 9.17) is 21.4 Å². The summed E-state index contributed by atoms with van der Waals surface area (Å²) in [6.07, 6.45) is 1.39. The van der Waals surface area contributed by atoms with Crippen molar-refractivity contribution in [3.8, 4) is 5.75 Å². The molecule has 104 valence electrons. The van der Waals surface area contributed by atoms with Crippen molar-refractivity contribution in [1.82, 2.24) is 0 Å². The summed E-state index contributed by atoms with van der Waals surface area (Å²) in [4.78, 5) is 11.2. The van der Waals surface area contributed by atoms with E-state index in [0.29, 0.717) is 22.8 Å². The van der Waals surface area contributed by atoms with E-state index in [2.05, 4.69) is 0 Å². The van der Waals surface area contributed by atoms with Crippen molar-refractivity contribution in [2.75, 3.05) is 7.11 Å². The predicted octanol–water partition coefficient (Wildman–Crippen LogP) is 2.88. The number of carbonyl (C=O) groups is 1. The molecule has 1 aromatic carbocycles. The van der Waals surface area contributed by atoms with Crippen molar-refractivity contribution < 1.29 is 19.7 Å². The lowest BCUT2D eigenvalue weighted by atomic mass is 9.87. The number of aliphatic carboxylic acids is 1. The molecule has 19 heavy (non-hydrogen) atoms. The molecule has 1 aliphatic carbocycles. The molecule has 0 amide bonds. The average Bonchev–Trinajstić information content (AvgIpc) is 2.87. The van der Waals surface area contributed by atoms with Crippen molar-refractivity contribution >= 4 is 17.6 Å². The fraction of sp³-hybridized carbons (Fsp3) is 0.500. The van der Waals surface area contributed by atoms with Gasteiger partial charge in [0.2, 0.25) is 0 Å². The molecule has 3 unspecified atom stereocenters. The van der Waals surface area contributed by atoms with Crippen LogP contribution in [0.4, 0.5) is 0 Å². The first-order chi connectivity index (χ1) is 9.04. The summed E-state index contributed by atoms with van der Waals surface area (Å²) in [6, 6.07) is 5.06. The van der Waals surface area contributed by atoms with Crippen LogP contribution in [0.2, 0.25) is 5.02 Å². The van der Waals surface area contributed by atoms with Crippen molar-refractivity contribution in [2.24, 2.45) is 11.8 Å². The summed E-state index contributed by atoms with van der Waals surface area (Å²) < 4.78 is 5.06. The highest BCUT2D eigenvalue weighted by molar-refractivity contribution is 6.32. The Hall–Kier alpha value is -1.26. The number of hydrogen-bond donors (Lipinski definition) is 2. The minimum absolute atomic E-state index is 0.248. The Labute approximate surface area is 117 Å². The van der Waals surface area contributed by atoms with Crippen LogP contribution in [0, 0.1) is 11.8 Å². The molecule has 1 aliphatic rings. The van der Waals surface area contributed by atoms with Gasteiger partial charge in [-0.3, -0.25) is 4.79 Å². The van der Waals surface area contributed by atoms with E-state index in [1.165, 1.54) is 7.11 Å². The number of rotatable bonds is 4. The Morgan fingerprint density at radius 3 is 2.79 bits per heavy atom. The highest BCUT2D eigenvalue weighted by atomic mass is 35.5. The number of halogens is 1. The Morgan fingerprint density at radius 1 is 1.47 bits per heavy atom. The zero-order valence-electron chi connectivity index (χ0n) is 10.7. The third kappa shape index (κ3) is 2.85. The minimum Gasteiger partial charge on any atom is -0.495 e. The quantitative estimate of drug-likeness (QED) is 0.892. The van der Waals surface area contributed by atoms with E-state index >= 15 is 0 Å². The van der Waals surface area contributed by atoms with Crippen molar-refractivity contribution in [2.45, 2.75) is 25.4 Å². The fourth-order valence-corrected chi connectivity index (χ4v) is 3.05. The van der Waals surface area contributed by atoms with Gasteiger partial charge in [0.25, 0.3) is 0 Å². The average molecular weight is 285 g/mol. The second-order valence-corrected chi connectivity index (χ2v) is 5.29. The number of aliphatic hydroxyl groups is 1. The molecule has 0 spiro atoms. The number of ether oxygens (including phenoxy) is 1. The third-order valence-corrected chi connectivity index (χ3v) is 4.10. The summed E-state index contributed by atoms with van der Waals surface area (Å²) in [7, 11) is 1.52. The number of carboxylic acid groups (broad SMARTS) is 1. The zero-order valence-corrected chi connectivity index (χ0v) is 11.4. The second-order valence-electron chi connectivity index (χ2n) is 4.88. The first kappa shape index (κ1) is 14.2. The van der Waals surface area contributed by atoms with Crippen LogP contribution < -0.4 is 4.74 Å². The minimum atomic E-state index is -0.832. The molecule has 1 saturated carbocycles. The van der Waals surface area contributed by atoms with Crippen LogP contribution in [0.1, 0.15) is 30.9 Å². The molecule has 2 rings (SSSR count). The van der Waals surface area contributed by atoms with Crippen molar-refractivity contribution in [1.29, 1.82) is 0 Å². The molecule has 0 aromatic heterocycles. The Bertz CT molecular complexity index is 475.